The van der Waals surface area contributed by atoms with E-state index in [-0.39, 0.29) is 53.4 Å². The largest absolute Gasteiger partial charge is 0.469 e. The third-order valence-electron chi connectivity index (χ3n) is 5.01. The van der Waals surface area contributed by atoms with Gasteiger partial charge >= 0.3 is 5.97 Å². The standard InChI is InChI=1S/C21H26N4O4.HI/c1-14-12-25(13-17(14)20(27)28-3)21(22-2)23-11-15-6-4-7-16(10-15)24-19(26)18-8-5-9-29-18;/h4-10,14,17H,11-13H2,1-3H3,(H,22,23)(H,24,26);1H. The Kier molecular flexibility index (Phi) is 8.70. The van der Waals surface area contributed by atoms with Gasteiger partial charge in [-0.3, -0.25) is 14.6 Å². The van der Waals surface area contributed by atoms with Crippen molar-refractivity contribution in [3.8, 4) is 0 Å². The third-order valence-corrected chi connectivity index (χ3v) is 5.01. The van der Waals surface area contributed by atoms with Gasteiger partial charge in [-0.2, -0.15) is 0 Å². The maximum Gasteiger partial charge on any atom is 0.310 e. The molecule has 162 valence electrons. The molecule has 1 aromatic heterocycles. The van der Waals surface area contributed by atoms with E-state index in [4.69, 9.17) is 9.15 Å². The Labute approximate surface area is 193 Å². The van der Waals surface area contributed by atoms with Crippen LogP contribution in [0.15, 0.2) is 52.1 Å². The summed E-state index contributed by atoms with van der Waals surface area (Å²) in [7, 11) is 3.14. The van der Waals surface area contributed by atoms with Gasteiger partial charge in [0.2, 0.25) is 0 Å². The number of halogens is 1. The second-order valence-electron chi connectivity index (χ2n) is 7.04. The van der Waals surface area contributed by atoms with Crippen molar-refractivity contribution in [2.45, 2.75) is 13.5 Å². The van der Waals surface area contributed by atoms with Crippen LogP contribution in [-0.4, -0.2) is 50.0 Å². The van der Waals surface area contributed by atoms with E-state index in [1.807, 2.05) is 31.2 Å². The molecular formula is C21H27IN4O4. The average molecular weight is 526 g/mol. The monoisotopic (exact) mass is 526 g/mol. The van der Waals surface area contributed by atoms with Gasteiger partial charge in [0.15, 0.2) is 11.7 Å². The summed E-state index contributed by atoms with van der Waals surface area (Å²) in [6.07, 6.45) is 1.46. The fourth-order valence-electron chi connectivity index (χ4n) is 3.47. The van der Waals surface area contributed by atoms with Crippen LogP contribution in [-0.2, 0) is 16.1 Å². The second kappa shape index (κ2) is 11.0. The first-order valence-corrected chi connectivity index (χ1v) is 9.49. The number of furan rings is 1. The first-order valence-electron chi connectivity index (χ1n) is 9.49. The summed E-state index contributed by atoms with van der Waals surface area (Å²) in [5.74, 6) is 0.552. The van der Waals surface area contributed by atoms with Crippen LogP contribution in [0.1, 0.15) is 23.0 Å². The summed E-state index contributed by atoms with van der Waals surface area (Å²) >= 11 is 0. The Morgan fingerprint density at radius 1 is 1.27 bits per heavy atom. The van der Waals surface area contributed by atoms with Crippen molar-refractivity contribution in [2.24, 2.45) is 16.8 Å². The molecule has 0 radical (unpaired) electrons. The second-order valence-corrected chi connectivity index (χ2v) is 7.04. The fourth-order valence-corrected chi connectivity index (χ4v) is 3.47. The lowest BCUT2D eigenvalue weighted by atomic mass is 9.99. The first-order chi connectivity index (χ1) is 14.0. The molecule has 9 heteroatoms. The molecule has 8 nitrogen and oxygen atoms in total. The number of benzene rings is 1. The van der Waals surface area contributed by atoms with Gasteiger partial charge in [-0.1, -0.05) is 19.1 Å². The molecule has 0 aliphatic carbocycles. The van der Waals surface area contributed by atoms with E-state index in [1.54, 1.807) is 19.2 Å². The SMILES string of the molecule is CN=C(NCc1cccc(NC(=O)c2ccco2)c1)N1CC(C)C(C(=O)OC)C1.I. The molecule has 30 heavy (non-hydrogen) atoms. The molecule has 0 spiro atoms. The number of aliphatic imine (C=N–C) groups is 1. The van der Waals surface area contributed by atoms with Crippen LogP contribution in [0, 0.1) is 11.8 Å². The van der Waals surface area contributed by atoms with Crippen LogP contribution in [0.3, 0.4) is 0 Å². The number of methoxy groups -OCH3 is 1. The summed E-state index contributed by atoms with van der Waals surface area (Å²) in [5, 5.41) is 6.15. The third kappa shape index (κ3) is 5.74. The lowest BCUT2D eigenvalue weighted by Crippen LogP contribution is -2.40. The van der Waals surface area contributed by atoms with Crippen LogP contribution >= 0.6 is 24.0 Å². The van der Waals surface area contributed by atoms with Gasteiger partial charge in [0.05, 0.1) is 19.3 Å². The maximum absolute atomic E-state index is 12.1. The first kappa shape index (κ1) is 23.7. The molecule has 2 unspecified atom stereocenters. The molecule has 0 bridgehead atoms. The number of rotatable bonds is 5. The van der Waals surface area contributed by atoms with Crippen molar-refractivity contribution in [3.05, 3.63) is 54.0 Å². The van der Waals surface area contributed by atoms with Crippen molar-refractivity contribution in [3.63, 3.8) is 0 Å². The van der Waals surface area contributed by atoms with E-state index in [0.717, 1.165) is 18.1 Å². The van der Waals surface area contributed by atoms with Gasteiger partial charge in [0, 0.05) is 32.4 Å². The van der Waals surface area contributed by atoms with Gasteiger partial charge in [-0.15, -0.1) is 24.0 Å². The molecule has 2 heterocycles. The Hall–Kier alpha value is -2.56. The number of hydrogen-bond donors (Lipinski definition) is 2. The molecule has 1 saturated heterocycles. The number of nitrogens with zero attached hydrogens (tertiary/aromatic N) is 2. The Morgan fingerprint density at radius 3 is 2.73 bits per heavy atom. The Morgan fingerprint density at radius 2 is 2.07 bits per heavy atom. The molecule has 1 amide bonds. The summed E-state index contributed by atoms with van der Waals surface area (Å²) < 4.78 is 10.0. The van der Waals surface area contributed by atoms with E-state index < -0.39 is 0 Å². The molecule has 3 rings (SSSR count). The highest BCUT2D eigenvalue weighted by Crippen LogP contribution is 2.24. The number of carbonyl (C=O) groups excluding carboxylic acids is 2. The van der Waals surface area contributed by atoms with E-state index in [2.05, 4.69) is 20.5 Å². The molecule has 1 aromatic carbocycles. The number of ether oxygens (including phenoxy) is 1. The van der Waals surface area contributed by atoms with Crippen LogP contribution in [0.2, 0.25) is 0 Å². The highest BCUT2D eigenvalue weighted by molar-refractivity contribution is 14.0. The minimum absolute atomic E-state index is 0. The lowest BCUT2D eigenvalue weighted by Gasteiger charge is -2.21. The molecule has 2 atom stereocenters. The Balaban J connectivity index is 0.00000320. The molecular weight excluding hydrogens is 499 g/mol. The van der Waals surface area contributed by atoms with Crippen LogP contribution in [0.5, 0.6) is 0 Å². The molecule has 2 aromatic rings. The van der Waals surface area contributed by atoms with Crippen molar-refractivity contribution < 1.29 is 18.7 Å². The average Bonchev–Trinajstić information content (AvgIpc) is 3.38. The van der Waals surface area contributed by atoms with Gasteiger partial charge in [0.25, 0.3) is 5.91 Å². The van der Waals surface area contributed by atoms with Crippen LogP contribution in [0.25, 0.3) is 0 Å². The van der Waals surface area contributed by atoms with Gasteiger partial charge in [-0.25, -0.2) is 0 Å². The zero-order valence-electron chi connectivity index (χ0n) is 17.3. The van der Waals surface area contributed by atoms with Crippen LogP contribution < -0.4 is 10.6 Å². The number of hydrogen-bond acceptors (Lipinski definition) is 5. The quantitative estimate of drug-likeness (QED) is 0.269. The Bertz CT molecular complexity index is 885. The highest BCUT2D eigenvalue weighted by atomic mass is 127. The molecule has 1 aliphatic heterocycles. The molecule has 2 N–H and O–H groups in total. The summed E-state index contributed by atoms with van der Waals surface area (Å²) in [5.41, 5.74) is 1.67. The number of guanidine groups is 1. The predicted octanol–water partition coefficient (Wildman–Crippen LogP) is 2.97. The van der Waals surface area contributed by atoms with Gasteiger partial charge in [-0.05, 0) is 35.7 Å². The van der Waals surface area contributed by atoms with E-state index >= 15 is 0 Å². The topological polar surface area (TPSA) is 96.2 Å². The van der Waals surface area contributed by atoms with Crippen molar-refractivity contribution in [1.82, 2.24) is 10.2 Å². The predicted molar refractivity (Wildman–Crippen MR) is 125 cm³/mol. The van der Waals surface area contributed by atoms with Gasteiger partial charge in [0.1, 0.15) is 0 Å². The molecule has 0 saturated carbocycles. The number of likely N-dealkylation sites (tertiary alicyclic amines) is 1. The number of esters is 1. The summed E-state index contributed by atoms with van der Waals surface area (Å²) in [6.45, 7) is 3.89. The van der Waals surface area contributed by atoms with E-state index in [1.165, 1.54) is 13.4 Å². The zero-order valence-corrected chi connectivity index (χ0v) is 19.6. The number of nitrogens with one attached hydrogen (secondary N) is 2. The number of carbonyl (C=O) groups is 2. The van der Waals surface area contributed by atoms with E-state index in [9.17, 15) is 9.59 Å². The molecule has 1 fully saturated rings. The lowest BCUT2D eigenvalue weighted by molar-refractivity contribution is -0.145. The minimum atomic E-state index is -0.296. The van der Waals surface area contributed by atoms with E-state index in [0.29, 0.717) is 18.8 Å². The highest BCUT2D eigenvalue weighted by Gasteiger charge is 2.36. The molecule has 1 aliphatic rings. The minimum Gasteiger partial charge on any atom is -0.469 e. The van der Waals surface area contributed by atoms with Crippen LogP contribution in [0.4, 0.5) is 5.69 Å². The fraction of sp³-hybridized carbons (Fsp3) is 0.381. The smallest absolute Gasteiger partial charge is 0.310 e. The normalized spacial score (nSPS) is 18.5. The summed E-state index contributed by atoms with van der Waals surface area (Å²) in [6, 6.07) is 10.8. The number of anilines is 1. The number of amides is 1. The van der Waals surface area contributed by atoms with Gasteiger partial charge < -0.3 is 24.7 Å². The zero-order chi connectivity index (χ0) is 20.8. The van der Waals surface area contributed by atoms with Crippen molar-refractivity contribution in [2.75, 3.05) is 32.6 Å². The van der Waals surface area contributed by atoms with Crippen molar-refractivity contribution in [1.29, 1.82) is 0 Å². The van der Waals surface area contributed by atoms with Crippen molar-refractivity contribution >= 4 is 47.5 Å². The maximum atomic E-state index is 12.1. The summed E-state index contributed by atoms with van der Waals surface area (Å²) in [4.78, 5) is 30.5.